The smallest absolute Gasteiger partial charge is 0.331 e. The second-order valence-electron chi connectivity index (χ2n) is 15.6. The van der Waals surface area contributed by atoms with Gasteiger partial charge in [0.25, 0.3) is 0 Å². The van der Waals surface area contributed by atoms with Crippen molar-refractivity contribution < 1.29 is 44.6 Å². The molecule has 1 aliphatic rings. The number of hydrogen-bond donors (Lipinski definition) is 5. The minimum absolute atomic E-state index is 0.0587. The third kappa shape index (κ3) is 21.4. The van der Waals surface area contributed by atoms with E-state index in [9.17, 15) is 35.1 Å². The molecule has 0 aliphatic carbocycles. The first-order chi connectivity index (χ1) is 24.8. The van der Waals surface area contributed by atoms with Crippen LogP contribution < -0.4 is 0 Å². The van der Waals surface area contributed by atoms with E-state index in [1.165, 1.54) is 6.08 Å². The molecule has 0 aromatic rings. The molecule has 0 aromatic carbocycles. The van der Waals surface area contributed by atoms with Crippen molar-refractivity contribution in [3.8, 4) is 0 Å². The van der Waals surface area contributed by atoms with Crippen LogP contribution in [0.25, 0.3) is 0 Å². The minimum Gasteiger partial charge on any atom is -0.462 e. The summed E-state index contributed by atoms with van der Waals surface area (Å²) in [5.41, 5.74) is 4.84. The third-order valence-corrected chi connectivity index (χ3v) is 9.48. The lowest BCUT2D eigenvalue weighted by Crippen LogP contribution is -2.28. The summed E-state index contributed by atoms with van der Waals surface area (Å²) in [4.78, 5) is 25.9. The first-order valence-corrected chi connectivity index (χ1v) is 19.3. The molecule has 0 radical (unpaired) electrons. The molecule has 1 unspecified atom stereocenters. The number of esters is 2. The number of allylic oxidation sites excluding steroid dienone is 10. The van der Waals surface area contributed by atoms with Gasteiger partial charge in [-0.05, 0) is 92.4 Å². The summed E-state index contributed by atoms with van der Waals surface area (Å²) in [5, 5.41) is 49.4. The van der Waals surface area contributed by atoms with Crippen LogP contribution in [0, 0.1) is 17.8 Å². The van der Waals surface area contributed by atoms with E-state index in [-0.39, 0.29) is 48.8 Å². The van der Waals surface area contributed by atoms with E-state index >= 15 is 0 Å². The normalized spacial score (nSPS) is 24.7. The maximum absolute atomic E-state index is 12.9. The van der Waals surface area contributed by atoms with E-state index in [1.807, 2.05) is 65.0 Å². The lowest BCUT2D eigenvalue weighted by molar-refractivity contribution is -0.152. The van der Waals surface area contributed by atoms with Gasteiger partial charge >= 0.3 is 11.9 Å². The Balaban J connectivity index is 2.86. The molecule has 0 amide bonds. The quantitative estimate of drug-likeness (QED) is 0.0440. The van der Waals surface area contributed by atoms with Gasteiger partial charge in [0.05, 0.1) is 30.5 Å². The van der Waals surface area contributed by atoms with Gasteiger partial charge in [-0.3, -0.25) is 4.79 Å². The van der Waals surface area contributed by atoms with Crippen molar-refractivity contribution in [2.75, 3.05) is 0 Å². The van der Waals surface area contributed by atoms with Gasteiger partial charge in [0, 0.05) is 31.3 Å². The summed E-state index contributed by atoms with van der Waals surface area (Å²) in [6.45, 7) is 19.1. The highest BCUT2D eigenvalue weighted by atomic mass is 16.5. The lowest BCUT2D eigenvalue weighted by Gasteiger charge is -2.27. The lowest BCUT2D eigenvalue weighted by atomic mass is 9.89. The van der Waals surface area contributed by atoms with E-state index in [4.69, 9.17) is 9.47 Å². The van der Waals surface area contributed by atoms with Crippen LogP contribution in [-0.4, -0.2) is 80.2 Å². The van der Waals surface area contributed by atoms with Crippen LogP contribution >= 0.6 is 0 Å². The van der Waals surface area contributed by atoms with Crippen LogP contribution in [0.15, 0.2) is 82.5 Å². The fourth-order valence-corrected chi connectivity index (χ4v) is 6.52. The van der Waals surface area contributed by atoms with E-state index in [0.717, 1.165) is 40.7 Å². The molecule has 0 bridgehead atoms. The van der Waals surface area contributed by atoms with Crippen molar-refractivity contribution >= 4 is 11.9 Å². The Morgan fingerprint density at radius 1 is 0.906 bits per heavy atom. The van der Waals surface area contributed by atoms with Gasteiger partial charge < -0.3 is 35.0 Å². The number of aliphatic hydroxyl groups excluding tert-OH is 5. The monoisotopic (exact) mass is 743 g/mol. The van der Waals surface area contributed by atoms with E-state index in [1.54, 1.807) is 26.0 Å². The molecule has 0 saturated heterocycles. The van der Waals surface area contributed by atoms with Crippen LogP contribution in [-0.2, 0) is 19.1 Å². The van der Waals surface area contributed by atoms with E-state index in [0.29, 0.717) is 25.7 Å². The predicted octanol–water partition coefficient (Wildman–Crippen LogP) is 7.54. The van der Waals surface area contributed by atoms with Gasteiger partial charge in [0.1, 0.15) is 12.2 Å². The number of carbonyl (C=O) groups excluding carboxylic acids is 2. The molecule has 300 valence electrons. The summed E-state index contributed by atoms with van der Waals surface area (Å²) in [6, 6.07) is 0. The summed E-state index contributed by atoms with van der Waals surface area (Å²) >= 11 is 0. The molecule has 0 fully saturated rings. The molecule has 1 aliphatic heterocycles. The van der Waals surface area contributed by atoms with Crippen LogP contribution in [0.4, 0.5) is 0 Å². The van der Waals surface area contributed by atoms with Gasteiger partial charge in [-0.15, -0.1) is 0 Å². The van der Waals surface area contributed by atoms with E-state index in [2.05, 4.69) is 26.8 Å². The summed E-state index contributed by atoms with van der Waals surface area (Å²) < 4.78 is 11.9. The molecule has 10 atom stereocenters. The molecule has 53 heavy (non-hydrogen) atoms. The molecule has 0 aromatic heterocycles. The van der Waals surface area contributed by atoms with Crippen LogP contribution in [0.5, 0.6) is 0 Å². The Kier molecular flexibility index (Phi) is 22.7. The Morgan fingerprint density at radius 2 is 1.55 bits per heavy atom. The highest BCUT2D eigenvalue weighted by Gasteiger charge is 2.26. The van der Waals surface area contributed by atoms with Gasteiger partial charge in [0.15, 0.2) is 0 Å². The fraction of sp³-hybridized carbons (Fsp3) is 0.636. The highest BCUT2D eigenvalue weighted by molar-refractivity contribution is 5.82. The molecule has 1 rings (SSSR count). The number of rotatable bonds is 17. The number of carbonyl (C=O) groups is 2. The summed E-state index contributed by atoms with van der Waals surface area (Å²) in [5.74, 6) is -0.659. The zero-order valence-electron chi connectivity index (χ0n) is 34.0. The van der Waals surface area contributed by atoms with E-state index < -0.39 is 36.5 Å². The fourth-order valence-electron chi connectivity index (χ4n) is 6.52. The Bertz CT molecular complexity index is 1350. The second-order valence-corrected chi connectivity index (χ2v) is 15.6. The van der Waals surface area contributed by atoms with Crippen molar-refractivity contribution in [1.82, 2.24) is 0 Å². The van der Waals surface area contributed by atoms with Crippen molar-refractivity contribution in [3.05, 3.63) is 82.5 Å². The predicted molar refractivity (Wildman–Crippen MR) is 213 cm³/mol. The SMILES string of the molecule is CC(=CC=CC(C)=C[C@H](O)[C@@H](O)C[C@H](C)O)C=C(C)C=CC(=O)OC1CCCC(=O)O[C@@H]([C@@H](C)CC(C)=C[C@@H](C)[C@H](O)C[C@@H](C)O)CC=C(C)C[C@@H]1C. The second kappa shape index (κ2) is 25.1. The van der Waals surface area contributed by atoms with Crippen molar-refractivity contribution in [2.45, 2.75) is 163 Å². The number of ether oxygens (including phenoxy) is 2. The van der Waals surface area contributed by atoms with Crippen molar-refractivity contribution in [1.29, 1.82) is 0 Å². The van der Waals surface area contributed by atoms with Gasteiger partial charge in [-0.25, -0.2) is 4.79 Å². The van der Waals surface area contributed by atoms with Crippen LogP contribution in [0.2, 0.25) is 0 Å². The van der Waals surface area contributed by atoms with Crippen molar-refractivity contribution in [2.24, 2.45) is 17.8 Å². The van der Waals surface area contributed by atoms with Gasteiger partial charge in [0.2, 0.25) is 0 Å². The Hall–Kier alpha value is -3.08. The number of hydrogen-bond acceptors (Lipinski definition) is 9. The average molecular weight is 743 g/mol. The highest BCUT2D eigenvalue weighted by Crippen LogP contribution is 2.27. The number of aliphatic hydroxyl groups is 5. The first kappa shape index (κ1) is 47.9. The topological polar surface area (TPSA) is 154 Å². The molecule has 0 spiro atoms. The molecule has 9 nitrogen and oxygen atoms in total. The van der Waals surface area contributed by atoms with Crippen LogP contribution in [0.3, 0.4) is 0 Å². The maximum Gasteiger partial charge on any atom is 0.331 e. The minimum atomic E-state index is -1.07. The zero-order valence-corrected chi connectivity index (χ0v) is 34.0. The summed E-state index contributed by atoms with van der Waals surface area (Å²) in [6.07, 6.45) is 15.5. The number of cyclic esters (lactones) is 1. The zero-order chi connectivity index (χ0) is 40.2. The van der Waals surface area contributed by atoms with Crippen LogP contribution in [0.1, 0.15) is 121 Å². The molecular weight excluding hydrogens is 672 g/mol. The van der Waals surface area contributed by atoms with Crippen molar-refractivity contribution in [3.63, 3.8) is 0 Å². The van der Waals surface area contributed by atoms with Gasteiger partial charge in [-0.1, -0.05) is 97.2 Å². The first-order valence-electron chi connectivity index (χ1n) is 19.3. The standard InChI is InChI=1S/C44H70O9/c1-28(13-11-14-29(2)25-39(48)40(49)27-37(10)46)21-30(3)18-20-44(51)52-41-15-12-16-43(50)53-42(19-17-31(4)22-34(41)7)35(8)24-32(5)23-33(6)38(47)26-36(9)45/h11,13-14,17-18,20-21,23,25,33-42,45-49H,12,15-16,19,22,24,26-27H2,1-10H3/t33-,34+,35+,36-,37+,38-,39+,40+,41?,42-/m1/s1. The largest absolute Gasteiger partial charge is 0.462 e. The molecule has 5 N–H and O–H groups in total. The summed E-state index contributed by atoms with van der Waals surface area (Å²) in [7, 11) is 0. The Labute approximate surface area is 319 Å². The molecule has 9 heteroatoms. The maximum atomic E-state index is 12.9. The average Bonchev–Trinajstić information content (AvgIpc) is 3.03. The molecule has 0 saturated carbocycles. The molecular formula is C44H70O9. The Morgan fingerprint density at radius 3 is 2.19 bits per heavy atom. The van der Waals surface area contributed by atoms with Gasteiger partial charge in [-0.2, -0.15) is 0 Å². The molecule has 1 heterocycles. The third-order valence-electron chi connectivity index (χ3n) is 9.48.